The Balaban J connectivity index is 1.38. The lowest BCUT2D eigenvalue weighted by Crippen LogP contribution is -2.17. The molecule has 7 heteroatoms. The topological polar surface area (TPSA) is 76.9 Å². The van der Waals surface area contributed by atoms with E-state index in [9.17, 15) is 0 Å². The Morgan fingerprint density at radius 1 is 0.839 bits per heavy atom. The summed E-state index contributed by atoms with van der Waals surface area (Å²) in [5.41, 5.74) is 5.05. The van der Waals surface area contributed by atoms with Gasteiger partial charge < -0.3 is 9.64 Å². The predicted octanol–water partition coefficient (Wildman–Crippen LogP) is 4.03. The maximum Gasteiger partial charge on any atom is 0.226 e. The zero-order valence-electron chi connectivity index (χ0n) is 17.0. The van der Waals surface area contributed by atoms with E-state index in [1.54, 1.807) is 31.9 Å². The fourth-order valence-corrected chi connectivity index (χ4v) is 3.51. The van der Waals surface area contributed by atoms with Crippen molar-refractivity contribution in [3.05, 3.63) is 89.6 Å². The number of pyridine rings is 1. The van der Waals surface area contributed by atoms with E-state index in [4.69, 9.17) is 9.72 Å². The number of fused-ring (bicyclic) bond motifs is 1. The second-order valence-electron chi connectivity index (χ2n) is 7.15. The molecule has 4 heterocycles. The Morgan fingerprint density at radius 3 is 2.55 bits per heavy atom. The molecule has 0 N–H and O–H groups in total. The lowest BCUT2D eigenvalue weighted by molar-refractivity contribution is 0.414. The van der Waals surface area contributed by atoms with Crippen molar-refractivity contribution in [1.29, 1.82) is 0 Å². The minimum absolute atomic E-state index is 0.568. The number of nitrogens with zero attached hydrogens (tertiary/aromatic N) is 6. The number of rotatable bonds is 5. The predicted molar refractivity (Wildman–Crippen MR) is 119 cm³/mol. The summed E-state index contributed by atoms with van der Waals surface area (Å²) in [6.07, 6.45) is 11.0. The highest BCUT2D eigenvalue weighted by Crippen LogP contribution is 2.29. The summed E-state index contributed by atoms with van der Waals surface area (Å²) in [7, 11) is 1.68. The lowest BCUT2D eigenvalue weighted by Gasteiger charge is -2.15. The maximum absolute atomic E-state index is 5.34. The number of hydrogen-bond acceptors (Lipinski definition) is 7. The standard InChI is InChI=1S/C24H20N6O/c1-31-21-5-3-18-15-30(16-19(18)14-21)24-27-13-9-22(29-24)23-26-12-8-20(28-23)4-2-17-6-10-25-11-7-17/h2-14H,15-16H2,1H3/b4-2+. The van der Waals surface area contributed by atoms with Gasteiger partial charge in [0.05, 0.1) is 12.8 Å². The minimum Gasteiger partial charge on any atom is -0.497 e. The first-order valence-corrected chi connectivity index (χ1v) is 9.94. The number of hydrogen-bond donors (Lipinski definition) is 0. The van der Waals surface area contributed by atoms with Crippen LogP contribution in [0.3, 0.4) is 0 Å². The van der Waals surface area contributed by atoms with Gasteiger partial charge in [0, 0.05) is 37.9 Å². The van der Waals surface area contributed by atoms with Gasteiger partial charge in [0.15, 0.2) is 5.82 Å². The summed E-state index contributed by atoms with van der Waals surface area (Å²) < 4.78 is 5.34. The van der Waals surface area contributed by atoms with E-state index in [-0.39, 0.29) is 0 Å². The zero-order chi connectivity index (χ0) is 21.0. The summed E-state index contributed by atoms with van der Waals surface area (Å²) in [6, 6.07) is 13.7. The number of methoxy groups -OCH3 is 1. The fourth-order valence-electron chi connectivity index (χ4n) is 3.51. The molecule has 0 amide bonds. The molecular formula is C24H20N6O. The van der Waals surface area contributed by atoms with Crippen LogP contribution in [0.5, 0.6) is 5.75 Å². The van der Waals surface area contributed by atoms with Crippen LogP contribution in [-0.2, 0) is 13.1 Å². The largest absolute Gasteiger partial charge is 0.497 e. The van der Waals surface area contributed by atoms with Crippen molar-refractivity contribution in [1.82, 2.24) is 24.9 Å². The highest BCUT2D eigenvalue weighted by Gasteiger charge is 2.22. The molecule has 3 aromatic heterocycles. The summed E-state index contributed by atoms with van der Waals surface area (Å²) in [6.45, 7) is 1.50. The smallest absolute Gasteiger partial charge is 0.226 e. The Hall–Kier alpha value is -4.13. The Labute approximate surface area is 180 Å². The lowest BCUT2D eigenvalue weighted by atomic mass is 10.1. The second kappa shape index (κ2) is 8.31. The summed E-state index contributed by atoms with van der Waals surface area (Å²) in [4.78, 5) is 24.5. The quantitative estimate of drug-likeness (QED) is 0.493. The van der Waals surface area contributed by atoms with Crippen LogP contribution in [0.15, 0.2) is 67.3 Å². The number of benzene rings is 1. The normalized spacial score (nSPS) is 12.9. The Bertz CT molecular complexity index is 1240. The van der Waals surface area contributed by atoms with Crippen LogP contribution in [0, 0.1) is 0 Å². The van der Waals surface area contributed by atoms with E-state index < -0.39 is 0 Å². The molecule has 31 heavy (non-hydrogen) atoms. The van der Waals surface area contributed by atoms with Gasteiger partial charge in [-0.05, 0) is 59.2 Å². The van der Waals surface area contributed by atoms with Crippen LogP contribution in [0.2, 0.25) is 0 Å². The first kappa shape index (κ1) is 18.9. The first-order chi connectivity index (χ1) is 15.3. The molecule has 7 nitrogen and oxygen atoms in total. The molecule has 152 valence electrons. The molecule has 0 unspecified atom stereocenters. The van der Waals surface area contributed by atoms with E-state index in [2.05, 4.69) is 37.0 Å². The van der Waals surface area contributed by atoms with E-state index in [0.717, 1.165) is 30.1 Å². The third-order valence-corrected chi connectivity index (χ3v) is 5.12. The highest BCUT2D eigenvalue weighted by atomic mass is 16.5. The molecule has 1 aromatic carbocycles. The average molecular weight is 408 g/mol. The first-order valence-electron chi connectivity index (χ1n) is 9.94. The molecule has 4 aromatic rings. The number of ether oxygens (including phenoxy) is 1. The van der Waals surface area contributed by atoms with E-state index in [1.165, 1.54) is 11.1 Å². The van der Waals surface area contributed by atoms with E-state index in [0.29, 0.717) is 17.5 Å². The molecule has 0 radical (unpaired) electrons. The van der Waals surface area contributed by atoms with Crippen LogP contribution in [0.1, 0.15) is 22.4 Å². The van der Waals surface area contributed by atoms with Gasteiger partial charge in [0.25, 0.3) is 0 Å². The van der Waals surface area contributed by atoms with Crippen LogP contribution in [-0.4, -0.2) is 32.0 Å². The summed E-state index contributed by atoms with van der Waals surface area (Å²) in [5, 5.41) is 0. The monoisotopic (exact) mass is 408 g/mol. The Morgan fingerprint density at radius 2 is 1.68 bits per heavy atom. The summed E-state index contributed by atoms with van der Waals surface area (Å²) in [5.74, 6) is 2.09. The fraction of sp³-hybridized carbons (Fsp3) is 0.125. The van der Waals surface area contributed by atoms with Crippen molar-refractivity contribution in [3.8, 4) is 17.3 Å². The third kappa shape index (κ3) is 4.11. The van der Waals surface area contributed by atoms with Crippen molar-refractivity contribution in [2.75, 3.05) is 12.0 Å². The second-order valence-corrected chi connectivity index (χ2v) is 7.15. The van der Waals surface area contributed by atoms with E-state index >= 15 is 0 Å². The zero-order valence-corrected chi connectivity index (χ0v) is 17.0. The molecule has 0 saturated heterocycles. The van der Waals surface area contributed by atoms with Gasteiger partial charge in [-0.25, -0.2) is 19.9 Å². The molecule has 0 atom stereocenters. The van der Waals surface area contributed by atoms with Crippen molar-refractivity contribution in [3.63, 3.8) is 0 Å². The molecule has 0 saturated carbocycles. The van der Waals surface area contributed by atoms with Crippen molar-refractivity contribution in [2.24, 2.45) is 0 Å². The van der Waals surface area contributed by atoms with Gasteiger partial charge >= 0.3 is 0 Å². The average Bonchev–Trinajstić information content (AvgIpc) is 3.27. The van der Waals surface area contributed by atoms with Crippen molar-refractivity contribution >= 4 is 18.1 Å². The SMILES string of the molecule is COc1ccc2c(c1)CN(c1nccc(-c3nccc(/C=C/c4ccncc4)n3)n1)C2. The summed E-state index contributed by atoms with van der Waals surface area (Å²) >= 11 is 0. The van der Waals surface area contributed by atoms with Gasteiger partial charge in [-0.2, -0.15) is 0 Å². The van der Waals surface area contributed by atoms with Crippen LogP contribution < -0.4 is 9.64 Å². The molecule has 0 spiro atoms. The molecule has 1 aliphatic rings. The third-order valence-electron chi connectivity index (χ3n) is 5.12. The molecule has 5 rings (SSSR count). The molecule has 1 aliphatic heterocycles. The van der Waals surface area contributed by atoms with Gasteiger partial charge in [-0.3, -0.25) is 4.98 Å². The molecule has 0 aliphatic carbocycles. The van der Waals surface area contributed by atoms with Gasteiger partial charge in [-0.1, -0.05) is 12.1 Å². The van der Waals surface area contributed by atoms with Gasteiger partial charge in [0.1, 0.15) is 11.4 Å². The van der Waals surface area contributed by atoms with Gasteiger partial charge in [0.2, 0.25) is 5.95 Å². The molecule has 0 bridgehead atoms. The van der Waals surface area contributed by atoms with Gasteiger partial charge in [-0.15, -0.1) is 0 Å². The van der Waals surface area contributed by atoms with E-state index in [1.807, 2.05) is 42.5 Å². The number of anilines is 1. The number of aromatic nitrogens is 5. The minimum atomic E-state index is 0.568. The van der Waals surface area contributed by atoms with Crippen molar-refractivity contribution < 1.29 is 4.74 Å². The van der Waals surface area contributed by atoms with Crippen molar-refractivity contribution in [2.45, 2.75) is 13.1 Å². The van der Waals surface area contributed by atoms with Crippen LogP contribution >= 0.6 is 0 Å². The molecule has 0 fully saturated rings. The Kier molecular flexibility index (Phi) is 5.06. The van der Waals surface area contributed by atoms with Crippen LogP contribution in [0.25, 0.3) is 23.7 Å². The maximum atomic E-state index is 5.34. The van der Waals surface area contributed by atoms with Crippen LogP contribution in [0.4, 0.5) is 5.95 Å². The molecular weight excluding hydrogens is 388 g/mol. The highest BCUT2D eigenvalue weighted by molar-refractivity contribution is 5.68.